The van der Waals surface area contributed by atoms with Crippen molar-refractivity contribution < 1.29 is 18.4 Å². The van der Waals surface area contributed by atoms with Crippen LogP contribution < -0.4 is 10.6 Å². The third kappa shape index (κ3) is 4.14. The Labute approximate surface area is 144 Å². The number of benzene rings is 1. The van der Waals surface area contributed by atoms with Gasteiger partial charge >= 0.3 is 0 Å². The van der Waals surface area contributed by atoms with E-state index in [0.717, 1.165) is 5.56 Å². The number of hydrogen-bond acceptors (Lipinski definition) is 5. The molecule has 0 aliphatic rings. The highest BCUT2D eigenvalue weighted by Crippen LogP contribution is 2.24. The molecule has 0 spiro atoms. The van der Waals surface area contributed by atoms with Gasteiger partial charge in [-0.05, 0) is 12.1 Å². The molecular weight excluding hydrogens is 322 g/mol. The Kier molecular flexibility index (Phi) is 4.94. The van der Waals surface area contributed by atoms with Crippen molar-refractivity contribution in [3.8, 4) is 11.3 Å². The van der Waals surface area contributed by atoms with Crippen molar-refractivity contribution in [1.82, 2.24) is 15.6 Å². The molecule has 0 aliphatic heterocycles. The number of nitrogens with one attached hydrogen (secondary N) is 2. The van der Waals surface area contributed by atoms with E-state index in [2.05, 4.69) is 15.6 Å². The summed E-state index contributed by atoms with van der Waals surface area (Å²) in [6, 6.07) is 12.7. The fourth-order valence-electron chi connectivity index (χ4n) is 2.27. The Hall–Kier alpha value is -3.35. The lowest BCUT2D eigenvalue weighted by Gasteiger charge is -2.05. The zero-order chi connectivity index (χ0) is 17.6. The number of oxazole rings is 1. The molecule has 0 bridgehead atoms. The highest BCUT2D eigenvalue weighted by molar-refractivity contribution is 5.99. The number of carbonyl (C=O) groups excluding carboxylic acids is 2. The van der Waals surface area contributed by atoms with Crippen molar-refractivity contribution in [2.75, 3.05) is 6.54 Å². The van der Waals surface area contributed by atoms with Crippen LogP contribution in [0.3, 0.4) is 0 Å². The van der Waals surface area contributed by atoms with Crippen LogP contribution in [0.1, 0.15) is 22.1 Å². The van der Waals surface area contributed by atoms with Gasteiger partial charge in [0.15, 0.2) is 17.3 Å². The van der Waals surface area contributed by atoms with E-state index in [1.807, 2.05) is 30.3 Å². The standard InChI is InChI=1S/C18H17N3O4/c1-12-21-16(17(25-12)13-6-3-2-4-7-13)18(23)20-11-15(22)19-10-14-8-5-9-24-14/h2-9H,10-11H2,1H3,(H,19,22)(H,20,23). The van der Waals surface area contributed by atoms with Crippen molar-refractivity contribution in [2.45, 2.75) is 13.5 Å². The predicted octanol–water partition coefficient (Wildman–Crippen LogP) is 2.29. The minimum atomic E-state index is -0.469. The molecule has 0 aliphatic carbocycles. The summed E-state index contributed by atoms with van der Waals surface area (Å²) in [4.78, 5) is 28.3. The Morgan fingerprint density at radius 2 is 1.88 bits per heavy atom. The minimum Gasteiger partial charge on any atom is -0.467 e. The summed E-state index contributed by atoms with van der Waals surface area (Å²) in [5.41, 5.74) is 0.901. The van der Waals surface area contributed by atoms with E-state index < -0.39 is 5.91 Å². The van der Waals surface area contributed by atoms with Gasteiger partial charge in [0.25, 0.3) is 5.91 Å². The lowest BCUT2D eigenvalue weighted by Crippen LogP contribution is -2.36. The molecular formula is C18H17N3O4. The second-order valence-electron chi connectivity index (χ2n) is 5.32. The molecule has 3 rings (SSSR count). The first kappa shape index (κ1) is 16.5. The first-order chi connectivity index (χ1) is 12.1. The van der Waals surface area contributed by atoms with Gasteiger partial charge in [0, 0.05) is 12.5 Å². The van der Waals surface area contributed by atoms with Gasteiger partial charge < -0.3 is 19.5 Å². The maximum Gasteiger partial charge on any atom is 0.274 e. The van der Waals surface area contributed by atoms with Crippen LogP contribution in [0, 0.1) is 6.92 Å². The Balaban J connectivity index is 1.61. The molecule has 0 unspecified atom stereocenters. The summed E-state index contributed by atoms with van der Waals surface area (Å²) < 4.78 is 10.7. The summed E-state index contributed by atoms with van der Waals surface area (Å²) in [5, 5.41) is 5.20. The van der Waals surface area contributed by atoms with E-state index in [4.69, 9.17) is 8.83 Å². The number of rotatable bonds is 6. The molecule has 0 saturated heterocycles. The summed E-state index contributed by atoms with van der Waals surface area (Å²) in [6.45, 7) is 1.76. The lowest BCUT2D eigenvalue weighted by molar-refractivity contribution is -0.120. The first-order valence-corrected chi connectivity index (χ1v) is 7.73. The summed E-state index contributed by atoms with van der Waals surface area (Å²) in [5.74, 6) is 0.603. The van der Waals surface area contributed by atoms with Gasteiger partial charge in [-0.25, -0.2) is 4.98 Å². The molecule has 7 heteroatoms. The van der Waals surface area contributed by atoms with E-state index in [9.17, 15) is 9.59 Å². The summed E-state index contributed by atoms with van der Waals surface area (Å²) in [7, 11) is 0. The second kappa shape index (κ2) is 7.48. The van der Waals surface area contributed by atoms with Gasteiger partial charge in [-0.3, -0.25) is 9.59 Å². The van der Waals surface area contributed by atoms with Crippen molar-refractivity contribution in [1.29, 1.82) is 0 Å². The number of furan rings is 1. The van der Waals surface area contributed by atoms with Gasteiger partial charge in [-0.2, -0.15) is 0 Å². The molecule has 0 atom stereocenters. The average Bonchev–Trinajstić information content (AvgIpc) is 3.28. The van der Waals surface area contributed by atoms with Crippen LogP contribution in [0.2, 0.25) is 0 Å². The molecule has 128 valence electrons. The van der Waals surface area contributed by atoms with Crippen LogP contribution in [-0.2, 0) is 11.3 Å². The van der Waals surface area contributed by atoms with Crippen LogP contribution >= 0.6 is 0 Å². The number of hydrogen-bond donors (Lipinski definition) is 2. The first-order valence-electron chi connectivity index (χ1n) is 7.73. The quantitative estimate of drug-likeness (QED) is 0.718. The van der Waals surface area contributed by atoms with Gasteiger partial charge in [0.2, 0.25) is 5.91 Å². The smallest absolute Gasteiger partial charge is 0.274 e. The van der Waals surface area contributed by atoms with Gasteiger partial charge in [0.1, 0.15) is 5.76 Å². The third-order valence-electron chi connectivity index (χ3n) is 3.43. The minimum absolute atomic E-state index is 0.155. The molecule has 3 aromatic rings. The molecule has 0 fully saturated rings. The van der Waals surface area contributed by atoms with Crippen LogP contribution in [0.5, 0.6) is 0 Å². The van der Waals surface area contributed by atoms with Crippen molar-refractivity contribution >= 4 is 11.8 Å². The van der Waals surface area contributed by atoms with E-state index >= 15 is 0 Å². The van der Waals surface area contributed by atoms with Crippen LogP contribution in [0.15, 0.2) is 57.6 Å². The van der Waals surface area contributed by atoms with E-state index in [1.54, 1.807) is 19.1 Å². The molecule has 7 nitrogen and oxygen atoms in total. The highest BCUT2D eigenvalue weighted by Gasteiger charge is 2.20. The van der Waals surface area contributed by atoms with Crippen LogP contribution in [-0.4, -0.2) is 23.3 Å². The van der Waals surface area contributed by atoms with Crippen molar-refractivity contribution in [2.24, 2.45) is 0 Å². The van der Waals surface area contributed by atoms with Crippen molar-refractivity contribution in [3.63, 3.8) is 0 Å². The molecule has 2 heterocycles. The zero-order valence-corrected chi connectivity index (χ0v) is 13.6. The highest BCUT2D eigenvalue weighted by atomic mass is 16.4. The number of carbonyl (C=O) groups is 2. The monoisotopic (exact) mass is 339 g/mol. The van der Waals surface area contributed by atoms with E-state index in [0.29, 0.717) is 17.4 Å². The van der Waals surface area contributed by atoms with E-state index in [1.165, 1.54) is 6.26 Å². The third-order valence-corrected chi connectivity index (χ3v) is 3.43. The number of aryl methyl sites for hydroxylation is 1. The van der Waals surface area contributed by atoms with Crippen LogP contribution in [0.25, 0.3) is 11.3 Å². The second-order valence-corrected chi connectivity index (χ2v) is 5.32. The molecule has 0 radical (unpaired) electrons. The molecule has 1 aromatic carbocycles. The maximum absolute atomic E-state index is 12.4. The Morgan fingerprint density at radius 1 is 1.08 bits per heavy atom. The SMILES string of the molecule is Cc1nc(C(=O)NCC(=O)NCc2ccco2)c(-c2ccccc2)o1. The number of nitrogens with zero attached hydrogens (tertiary/aromatic N) is 1. The Bertz CT molecular complexity index is 854. The molecule has 25 heavy (non-hydrogen) atoms. The number of aromatic nitrogens is 1. The van der Waals surface area contributed by atoms with Gasteiger partial charge in [-0.15, -0.1) is 0 Å². The summed E-state index contributed by atoms with van der Waals surface area (Å²) in [6.07, 6.45) is 1.53. The number of amides is 2. The predicted molar refractivity (Wildman–Crippen MR) is 89.6 cm³/mol. The fraction of sp³-hybridized carbons (Fsp3) is 0.167. The summed E-state index contributed by atoms with van der Waals surface area (Å²) >= 11 is 0. The largest absolute Gasteiger partial charge is 0.467 e. The van der Waals surface area contributed by atoms with Gasteiger partial charge in [-0.1, -0.05) is 30.3 Å². The topological polar surface area (TPSA) is 97.4 Å². The van der Waals surface area contributed by atoms with E-state index in [-0.39, 0.29) is 24.7 Å². The van der Waals surface area contributed by atoms with Gasteiger partial charge in [0.05, 0.1) is 19.4 Å². The van der Waals surface area contributed by atoms with Crippen molar-refractivity contribution in [3.05, 3.63) is 66.1 Å². The zero-order valence-electron chi connectivity index (χ0n) is 13.6. The molecule has 0 saturated carbocycles. The molecule has 2 N–H and O–H groups in total. The molecule has 2 aromatic heterocycles. The fourth-order valence-corrected chi connectivity index (χ4v) is 2.27. The lowest BCUT2D eigenvalue weighted by atomic mass is 10.1. The average molecular weight is 339 g/mol. The van der Waals surface area contributed by atoms with Crippen LogP contribution in [0.4, 0.5) is 0 Å². The maximum atomic E-state index is 12.4. The Morgan fingerprint density at radius 3 is 2.60 bits per heavy atom. The normalized spacial score (nSPS) is 10.4. The molecule has 2 amide bonds.